The van der Waals surface area contributed by atoms with Gasteiger partial charge in [0.2, 0.25) is 11.7 Å². The average molecular weight is 407 g/mol. The lowest BCUT2D eigenvalue weighted by Gasteiger charge is -2.04. The second kappa shape index (κ2) is 8.58. The summed E-state index contributed by atoms with van der Waals surface area (Å²) >= 11 is 0. The summed E-state index contributed by atoms with van der Waals surface area (Å²) in [6.07, 6.45) is 0. The maximum Gasteiger partial charge on any atom is 0.375 e. The van der Waals surface area contributed by atoms with E-state index in [4.69, 9.17) is 18.3 Å². The molecule has 0 saturated heterocycles. The molecule has 4 aromatic rings. The molecule has 2 heterocycles. The van der Waals surface area contributed by atoms with Crippen molar-refractivity contribution in [2.45, 2.75) is 6.61 Å². The summed E-state index contributed by atoms with van der Waals surface area (Å²) in [5.74, 6) is -1.15. The van der Waals surface area contributed by atoms with E-state index in [9.17, 15) is 9.59 Å². The van der Waals surface area contributed by atoms with Crippen LogP contribution in [0.25, 0.3) is 22.4 Å². The fourth-order valence-electron chi connectivity index (χ4n) is 2.87. The molecule has 0 spiro atoms. The molecule has 0 aliphatic heterocycles. The van der Waals surface area contributed by atoms with Crippen LogP contribution in [0.15, 0.2) is 63.4 Å². The number of benzene rings is 2. The Balaban J connectivity index is 1.40. The third-order valence-electron chi connectivity index (χ3n) is 4.20. The first kappa shape index (κ1) is 19.3. The lowest BCUT2D eigenvalue weighted by Crippen LogP contribution is -2.21. The van der Waals surface area contributed by atoms with Crippen molar-refractivity contribution in [3.63, 3.8) is 0 Å². The highest BCUT2D eigenvalue weighted by atomic mass is 16.5. The lowest BCUT2D eigenvalue weighted by atomic mass is 10.1. The van der Waals surface area contributed by atoms with Gasteiger partial charge < -0.3 is 18.3 Å². The van der Waals surface area contributed by atoms with Gasteiger partial charge in [0.15, 0.2) is 6.61 Å². The fraction of sp³-hybridized carbons (Fsp3) is 0.143. The van der Waals surface area contributed by atoms with Gasteiger partial charge in [0.05, 0.1) is 6.61 Å². The van der Waals surface area contributed by atoms with E-state index in [0.29, 0.717) is 16.7 Å². The molecular weight excluding hydrogens is 390 g/mol. The Hall–Kier alpha value is -3.98. The van der Waals surface area contributed by atoms with Crippen molar-refractivity contribution < 1.29 is 27.9 Å². The normalized spacial score (nSPS) is 10.8. The predicted molar refractivity (Wildman–Crippen MR) is 106 cm³/mol. The standard InChI is InChI=1S/C21H17N3O6/c1-27-11-15-14-9-5-6-10-16(14)29-18(15)20(26)28-12-17(25)22-21-24-23-19(30-21)13-7-3-2-4-8-13/h2-10H,11-12H2,1H3,(H,22,24,25). The van der Waals surface area contributed by atoms with Crippen molar-refractivity contribution in [2.75, 3.05) is 19.0 Å². The smallest absolute Gasteiger partial charge is 0.375 e. The Labute approximate surface area is 170 Å². The predicted octanol–water partition coefficient (Wildman–Crippen LogP) is 3.42. The van der Waals surface area contributed by atoms with Crippen LogP contribution < -0.4 is 5.32 Å². The monoisotopic (exact) mass is 407 g/mol. The molecule has 0 aliphatic rings. The minimum atomic E-state index is -0.774. The summed E-state index contributed by atoms with van der Waals surface area (Å²) < 4.78 is 21.2. The van der Waals surface area contributed by atoms with Crippen LogP contribution in [0.5, 0.6) is 0 Å². The summed E-state index contributed by atoms with van der Waals surface area (Å²) in [6, 6.07) is 16.2. The van der Waals surface area contributed by atoms with E-state index in [1.54, 1.807) is 24.3 Å². The highest BCUT2D eigenvalue weighted by Gasteiger charge is 2.23. The molecule has 152 valence electrons. The van der Waals surface area contributed by atoms with Gasteiger partial charge in [-0.3, -0.25) is 10.1 Å². The number of amides is 1. The SMILES string of the molecule is COCc1c(C(=O)OCC(=O)Nc2nnc(-c3ccccc3)o2)oc2ccccc12. The molecule has 0 atom stereocenters. The number of para-hydroxylation sites is 1. The summed E-state index contributed by atoms with van der Waals surface area (Å²) in [6.45, 7) is -0.386. The zero-order valence-electron chi connectivity index (χ0n) is 16.0. The maximum absolute atomic E-state index is 12.5. The van der Waals surface area contributed by atoms with Gasteiger partial charge in [-0.05, 0) is 18.2 Å². The highest BCUT2D eigenvalue weighted by Crippen LogP contribution is 2.27. The molecule has 0 unspecified atom stereocenters. The molecule has 2 aromatic heterocycles. The van der Waals surface area contributed by atoms with Crippen molar-refractivity contribution in [3.8, 4) is 11.5 Å². The van der Waals surface area contributed by atoms with Gasteiger partial charge in [-0.1, -0.05) is 41.5 Å². The lowest BCUT2D eigenvalue weighted by molar-refractivity contribution is -0.119. The largest absolute Gasteiger partial charge is 0.450 e. The second-order valence-corrected chi connectivity index (χ2v) is 6.24. The van der Waals surface area contributed by atoms with Gasteiger partial charge in [-0.15, -0.1) is 5.10 Å². The van der Waals surface area contributed by atoms with E-state index >= 15 is 0 Å². The number of nitrogens with one attached hydrogen (secondary N) is 1. The minimum Gasteiger partial charge on any atom is -0.450 e. The van der Waals surface area contributed by atoms with Gasteiger partial charge in [-0.25, -0.2) is 4.79 Å². The van der Waals surface area contributed by atoms with E-state index in [-0.39, 0.29) is 24.3 Å². The highest BCUT2D eigenvalue weighted by molar-refractivity contribution is 5.98. The zero-order chi connectivity index (χ0) is 20.9. The number of furan rings is 1. The second-order valence-electron chi connectivity index (χ2n) is 6.24. The Morgan fingerprint density at radius 3 is 2.57 bits per heavy atom. The third kappa shape index (κ3) is 4.06. The first-order chi connectivity index (χ1) is 14.7. The van der Waals surface area contributed by atoms with E-state index < -0.39 is 18.5 Å². The van der Waals surface area contributed by atoms with Crippen LogP contribution >= 0.6 is 0 Å². The van der Waals surface area contributed by atoms with E-state index in [0.717, 1.165) is 5.39 Å². The van der Waals surface area contributed by atoms with Crippen molar-refractivity contribution in [1.82, 2.24) is 10.2 Å². The third-order valence-corrected chi connectivity index (χ3v) is 4.20. The van der Waals surface area contributed by atoms with Crippen LogP contribution in [-0.2, 0) is 20.9 Å². The summed E-state index contributed by atoms with van der Waals surface area (Å²) in [5.41, 5.74) is 1.80. The first-order valence-corrected chi connectivity index (χ1v) is 9.01. The number of rotatable bonds is 7. The minimum absolute atomic E-state index is 0.00463. The number of fused-ring (bicyclic) bond motifs is 1. The average Bonchev–Trinajstić information content (AvgIpc) is 3.38. The van der Waals surface area contributed by atoms with Crippen molar-refractivity contribution in [3.05, 3.63) is 65.9 Å². The number of nitrogens with zero attached hydrogens (tertiary/aromatic N) is 2. The Bertz CT molecular complexity index is 1180. The van der Waals surface area contributed by atoms with Gasteiger partial charge in [-0.2, -0.15) is 0 Å². The maximum atomic E-state index is 12.5. The molecule has 0 fully saturated rings. The molecule has 1 N–H and O–H groups in total. The number of hydrogen-bond acceptors (Lipinski definition) is 8. The molecule has 0 saturated carbocycles. The van der Waals surface area contributed by atoms with E-state index in [1.807, 2.05) is 30.3 Å². The van der Waals surface area contributed by atoms with Crippen LogP contribution in [0.1, 0.15) is 16.1 Å². The Morgan fingerprint density at radius 1 is 1.00 bits per heavy atom. The molecule has 0 bridgehead atoms. The summed E-state index contributed by atoms with van der Waals surface area (Å²) in [4.78, 5) is 24.6. The Morgan fingerprint density at radius 2 is 1.77 bits per heavy atom. The first-order valence-electron chi connectivity index (χ1n) is 9.01. The molecule has 0 radical (unpaired) electrons. The number of hydrogen-bond donors (Lipinski definition) is 1. The van der Waals surface area contributed by atoms with Gasteiger partial charge in [0, 0.05) is 23.6 Å². The summed E-state index contributed by atoms with van der Waals surface area (Å²) in [7, 11) is 1.51. The van der Waals surface area contributed by atoms with Crippen molar-refractivity contribution in [1.29, 1.82) is 0 Å². The number of carbonyl (C=O) groups is 2. The Kier molecular flexibility index (Phi) is 5.53. The van der Waals surface area contributed by atoms with Crippen molar-refractivity contribution >= 4 is 28.9 Å². The summed E-state index contributed by atoms with van der Waals surface area (Å²) in [5, 5.41) is 10.8. The fourth-order valence-corrected chi connectivity index (χ4v) is 2.87. The van der Waals surface area contributed by atoms with Crippen LogP contribution in [0, 0.1) is 0 Å². The molecule has 4 rings (SSSR count). The van der Waals surface area contributed by atoms with Crippen LogP contribution in [-0.4, -0.2) is 35.8 Å². The van der Waals surface area contributed by atoms with E-state index in [2.05, 4.69) is 15.5 Å². The molecule has 2 aromatic carbocycles. The number of carbonyl (C=O) groups excluding carboxylic acids is 2. The molecule has 30 heavy (non-hydrogen) atoms. The van der Waals surface area contributed by atoms with Crippen molar-refractivity contribution in [2.24, 2.45) is 0 Å². The zero-order valence-corrected chi connectivity index (χ0v) is 16.0. The number of esters is 1. The number of anilines is 1. The van der Waals surface area contributed by atoms with Gasteiger partial charge >= 0.3 is 12.0 Å². The molecule has 9 heteroatoms. The topological polar surface area (TPSA) is 117 Å². The molecular formula is C21H17N3O6. The van der Waals surface area contributed by atoms with Crippen LogP contribution in [0.4, 0.5) is 6.01 Å². The van der Waals surface area contributed by atoms with Gasteiger partial charge in [0.25, 0.3) is 5.91 Å². The number of methoxy groups -OCH3 is 1. The van der Waals surface area contributed by atoms with Crippen LogP contribution in [0.3, 0.4) is 0 Å². The van der Waals surface area contributed by atoms with E-state index in [1.165, 1.54) is 7.11 Å². The number of ether oxygens (including phenoxy) is 2. The molecule has 0 aliphatic carbocycles. The van der Waals surface area contributed by atoms with Crippen LogP contribution in [0.2, 0.25) is 0 Å². The number of aromatic nitrogens is 2. The quantitative estimate of drug-likeness (QED) is 0.463. The molecule has 9 nitrogen and oxygen atoms in total. The van der Waals surface area contributed by atoms with Gasteiger partial charge in [0.1, 0.15) is 5.58 Å². The molecule has 1 amide bonds.